The molecule has 1 aromatic rings. The van der Waals surface area contributed by atoms with Crippen molar-refractivity contribution in [3.8, 4) is 0 Å². The molecule has 6 nitrogen and oxygen atoms in total. The number of rotatable bonds is 7. The van der Waals surface area contributed by atoms with E-state index in [9.17, 15) is 8.42 Å². The standard InChI is InChI=1S/C12H22N2O4S/c1-12(2,9-15)8-13-7-10-5-6-11(18-10)19(16,17)14(3)4/h5-6,13,15H,7-9H2,1-4H3. The summed E-state index contributed by atoms with van der Waals surface area (Å²) in [6.07, 6.45) is 0. The van der Waals surface area contributed by atoms with Crippen LogP contribution in [-0.4, -0.2) is 45.1 Å². The lowest BCUT2D eigenvalue weighted by Gasteiger charge is -2.21. The van der Waals surface area contributed by atoms with Gasteiger partial charge in [0.1, 0.15) is 5.76 Å². The molecular weight excluding hydrogens is 268 g/mol. The van der Waals surface area contributed by atoms with Gasteiger partial charge in [0, 0.05) is 32.7 Å². The third-order valence-electron chi connectivity index (χ3n) is 2.70. The molecule has 0 aliphatic carbocycles. The first-order chi connectivity index (χ1) is 8.69. The molecule has 1 aromatic heterocycles. The first-order valence-electron chi connectivity index (χ1n) is 6.02. The lowest BCUT2D eigenvalue weighted by molar-refractivity contribution is 0.155. The highest BCUT2D eigenvalue weighted by Gasteiger charge is 2.21. The average Bonchev–Trinajstić information content (AvgIpc) is 2.78. The zero-order valence-electron chi connectivity index (χ0n) is 11.8. The normalized spacial score (nSPS) is 13.2. The summed E-state index contributed by atoms with van der Waals surface area (Å²) in [6, 6.07) is 3.08. The Balaban J connectivity index is 2.62. The predicted molar refractivity (Wildman–Crippen MR) is 72.2 cm³/mol. The average molecular weight is 290 g/mol. The Hall–Kier alpha value is -0.890. The molecule has 0 unspecified atom stereocenters. The molecule has 0 atom stereocenters. The van der Waals surface area contributed by atoms with E-state index in [0.717, 1.165) is 4.31 Å². The van der Waals surface area contributed by atoms with E-state index in [1.165, 1.54) is 20.2 Å². The highest BCUT2D eigenvalue weighted by Crippen LogP contribution is 2.17. The van der Waals surface area contributed by atoms with Crippen molar-refractivity contribution in [1.29, 1.82) is 0 Å². The van der Waals surface area contributed by atoms with Crippen LogP contribution in [0.3, 0.4) is 0 Å². The molecule has 0 bridgehead atoms. The van der Waals surface area contributed by atoms with Gasteiger partial charge in [0.2, 0.25) is 5.09 Å². The molecule has 0 fully saturated rings. The molecule has 0 spiro atoms. The van der Waals surface area contributed by atoms with Crippen molar-refractivity contribution in [2.75, 3.05) is 27.2 Å². The quantitative estimate of drug-likeness (QED) is 0.770. The van der Waals surface area contributed by atoms with Gasteiger partial charge in [-0.15, -0.1) is 0 Å². The summed E-state index contributed by atoms with van der Waals surface area (Å²) in [4.78, 5) is 0. The number of nitrogens with one attached hydrogen (secondary N) is 1. The van der Waals surface area contributed by atoms with Gasteiger partial charge in [-0.3, -0.25) is 0 Å². The lowest BCUT2D eigenvalue weighted by atomic mass is 9.95. The number of aliphatic hydroxyl groups excluding tert-OH is 1. The maximum atomic E-state index is 11.8. The van der Waals surface area contributed by atoms with Crippen LogP contribution >= 0.6 is 0 Å². The Labute approximate surface area is 114 Å². The Bertz CT molecular complexity index is 506. The summed E-state index contributed by atoms with van der Waals surface area (Å²) in [6.45, 7) is 4.99. The molecule has 0 saturated heterocycles. The van der Waals surface area contributed by atoms with Crippen LogP contribution < -0.4 is 5.32 Å². The lowest BCUT2D eigenvalue weighted by Crippen LogP contribution is -2.31. The van der Waals surface area contributed by atoms with Crippen molar-refractivity contribution in [2.24, 2.45) is 5.41 Å². The molecular formula is C12H22N2O4S. The molecule has 1 rings (SSSR count). The van der Waals surface area contributed by atoms with Gasteiger partial charge in [-0.25, -0.2) is 12.7 Å². The fourth-order valence-electron chi connectivity index (χ4n) is 1.35. The monoisotopic (exact) mass is 290 g/mol. The van der Waals surface area contributed by atoms with Crippen LogP contribution in [0.4, 0.5) is 0 Å². The van der Waals surface area contributed by atoms with Crippen LogP contribution in [0.15, 0.2) is 21.6 Å². The van der Waals surface area contributed by atoms with Crippen LogP contribution in [0.2, 0.25) is 0 Å². The van der Waals surface area contributed by atoms with Gasteiger partial charge < -0.3 is 14.8 Å². The van der Waals surface area contributed by atoms with Crippen molar-refractivity contribution >= 4 is 10.0 Å². The summed E-state index contributed by atoms with van der Waals surface area (Å²) in [5.41, 5.74) is -0.217. The van der Waals surface area contributed by atoms with Gasteiger partial charge in [0.05, 0.1) is 6.54 Å². The smallest absolute Gasteiger partial charge is 0.275 e. The predicted octanol–water partition coefficient (Wildman–Crippen LogP) is 0.638. The summed E-state index contributed by atoms with van der Waals surface area (Å²) in [5, 5.41) is 12.2. The molecule has 7 heteroatoms. The third kappa shape index (κ3) is 4.31. The highest BCUT2D eigenvalue weighted by molar-refractivity contribution is 7.88. The largest absolute Gasteiger partial charge is 0.447 e. The zero-order chi connectivity index (χ0) is 14.7. The minimum absolute atomic E-state index is 0.0595. The summed E-state index contributed by atoms with van der Waals surface area (Å²) >= 11 is 0. The molecule has 0 radical (unpaired) electrons. The maximum absolute atomic E-state index is 11.8. The SMILES string of the molecule is CN(C)S(=O)(=O)c1ccc(CNCC(C)(C)CO)o1. The fraction of sp³-hybridized carbons (Fsp3) is 0.667. The fourth-order valence-corrected chi connectivity index (χ4v) is 2.16. The van der Waals surface area contributed by atoms with E-state index in [0.29, 0.717) is 18.8 Å². The number of hydrogen-bond donors (Lipinski definition) is 2. The van der Waals surface area contributed by atoms with Crippen LogP contribution in [0.5, 0.6) is 0 Å². The van der Waals surface area contributed by atoms with Gasteiger partial charge in [0.25, 0.3) is 10.0 Å². The van der Waals surface area contributed by atoms with Crippen LogP contribution in [0.1, 0.15) is 19.6 Å². The third-order valence-corrected chi connectivity index (χ3v) is 4.39. The molecule has 0 aliphatic heterocycles. The van der Waals surface area contributed by atoms with Crippen molar-refractivity contribution in [3.63, 3.8) is 0 Å². The van der Waals surface area contributed by atoms with Crippen molar-refractivity contribution in [2.45, 2.75) is 25.5 Å². The molecule has 2 N–H and O–H groups in total. The number of hydrogen-bond acceptors (Lipinski definition) is 5. The minimum atomic E-state index is -3.52. The summed E-state index contributed by atoms with van der Waals surface area (Å²) in [5.74, 6) is 0.550. The van der Waals surface area contributed by atoms with Crippen LogP contribution in [0, 0.1) is 5.41 Å². The molecule has 0 aromatic carbocycles. The molecule has 0 amide bonds. The van der Waals surface area contributed by atoms with Crippen molar-refractivity contribution in [3.05, 3.63) is 17.9 Å². The first-order valence-corrected chi connectivity index (χ1v) is 7.46. The van der Waals surface area contributed by atoms with Crippen LogP contribution in [-0.2, 0) is 16.6 Å². The molecule has 0 saturated carbocycles. The molecule has 110 valence electrons. The second-order valence-electron chi connectivity index (χ2n) is 5.43. The second kappa shape index (κ2) is 6.04. The highest BCUT2D eigenvalue weighted by atomic mass is 32.2. The maximum Gasteiger partial charge on any atom is 0.275 e. The van der Waals surface area contributed by atoms with E-state index in [-0.39, 0.29) is 17.1 Å². The molecule has 1 heterocycles. The van der Waals surface area contributed by atoms with Gasteiger partial charge in [0.15, 0.2) is 0 Å². The van der Waals surface area contributed by atoms with E-state index in [1.807, 2.05) is 13.8 Å². The Morgan fingerprint density at radius 3 is 2.53 bits per heavy atom. The Kier molecular flexibility index (Phi) is 5.14. The number of nitrogens with zero attached hydrogens (tertiary/aromatic N) is 1. The second-order valence-corrected chi connectivity index (χ2v) is 7.52. The van der Waals surface area contributed by atoms with E-state index in [4.69, 9.17) is 9.52 Å². The Morgan fingerprint density at radius 1 is 1.37 bits per heavy atom. The van der Waals surface area contributed by atoms with Gasteiger partial charge in [-0.2, -0.15) is 0 Å². The molecule has 19 heavy (non-hydrogen) atoms. The van der Waals surface area contributed by atoms with Gasteiger partial charge in [-0.1, -0.05) is 13.8 Å². The van der Waals surface area contributed by atoms with Crippen molar-refractivity contribution in [1.82, 2.24) is 9.62 Å². The Morgan fingerprint density at radius 2 is 2.00 bits per heavy atom. The summed E-state index contributed by atoms with van der Waals surface area (Å²) in [7, 11) is -0.600. The zero-order valence-corrected chi connectivity index (χ0v) is 12.6. The number of aliphatic hydroxyl groups is 1. The van der Waals surface area contributed by atoms with E-state index in [1.54, 1.807) is 6.07 Å². The van der Waals surface area contributed by atoms with E-state index < -0.39 is 10.0 Å². The number of furan rings is 1. The van der Waals surface area contributed by atoms with E-state index >= 15 is 0 Å². The van der Waals surface area contributed by atoms with Gasteiger partial charge >= 0.3 is 0 Å². The minimum Gasteiger partial charge on any atom is -0.447 e. The first kappa shape index (κ1) is 16.2. The summed E-state index contributed by atoms with van der Waals surface area (Å²) < 4.78 is 30.0. The van der Waals surface area contributed by atoms with Crippen LogP contribution in [0.25, 0.3) is 0 Å². The topological polar surface area (TPSA) is 82.8 Å². The molecule has 0 aliphatic rings. The number of sulfonamides is 1. The van der Waals surface area contributed by atoms with Crippen molar-refractivity contribution < 1.29 is 17.9 Å². The van der Waals surface area contributed by atoms with E-state index in [2.05, 4.69) is 5.32 Å². The van der Waals surface area contributed by atoms with Gasteiger partial charge in [-0.05, 0) is 12.1 Å².